The van der Waals surface area contributed by atoms with Crippen LogP contribution >= 0.6 is 0 Å². The zero-order valence-corrected chi connectivity index (χ0v) is 12.2. The van der Waals surface area contributed by atoms with Gasteiger partial charge in [0.1, 0.15) is 17.1 Å². The Balaban J connectivity index is 2.17. The van der Waals surface area contributed by atoms with Crippen LogP contribution in [-0.4, -0.2) is 10.7 Å². The largest absolute Gasteiger partial charge is 0.508 e. The Kier molecular flexibility index (Phi) is 3.70. The number of fused-ring (bicyclic) bond motifs is 1. The van der Waals surface area contributed by atoms with Gasteiger partial charge in [0.15, 0.2) is 0 Å². The molecule has 1 aliphatic heterocycles. The van der Waals surface area contributed by atoms with E-state index in [2.05, 4.69) is 32.9 Å². The molecule has 0 spiro atoms. The van der Waals surface area contributed by atoms with Crippen molar-refractivity contribution in [3.63, 3.8) is 0 Å². The standard InChI is InChI=1S/C17H22O2/c1-12(2)6-5-8-17(4)9-7-14-11-15(18)13(3)10-16(14)19-17/h6-7,9-11,18H,5,8H2,1-4H3. The van der Waals surface area contributed by atoms with Crippen molar-refractivity contribution in [1.29, 1.82) is 0 Å². The second-order valence-corrected chi connectivity index (χ2v) is 5.74. The van der Waals surface area contributed by atoms with E-state index in [1.807, 2.05) is 19.1 Å². The van der Waals surface area contributed by atoms with Gasteiger partial charge in [0.2, 0.25) is 0 Å². The van der Waals surface area contributed by atoms with Gasteiger partial charge in [-0.1, -0.05) is 17.7 Å². The van der Waals surface area contributed by atoms with Gasteiger partial charge in [-0.15, -0.1) is 0 Å². The molecule has 19 heavy (non-hydrogen) atoms. The first kappa shape index (κ1) is 13.7. The molecule has 0 radical (unpaired) electrons. The highest BCUT2D eigenvalue weighted by Crippen LogP contribution is 2.36. The molecule has 0 saturated carbocycles. The Morgan fingerprint density at radius 1 is 1.37 bits per heavy atom. The summed E-state index contributed by atoms with van der Waals surface area (Å²) in [4.78, 5) is 0. The van der Waals surface area contributed by atoms with Crippen LogP contribution in [-0.2, 0) is 0 Å². The molecule has 0 bridgehead atoms. The van der Waals surface area contributed by atoms with E-state index < -0.39 is 0 Å². The molecule has 0 amide bonds. The molecule has 1 atom stereocenters. The number of aryl methyl sites for hydroxylation is 1. The van der Waals surface area contributed by atoms with Gasteiger partial charge in [0, 0.05) is 5.56 Å². The molecular formula is C17H22O2. The lowest BCUT2D eigenvalue weighted by molar-refractivity contribution is 0.128. The third kappa shape index (κ3) is 3.19. The van der Waals surface area contributed by atoms with Crippen LogP contribution < -0.4 is 4.74 Å². The smallest absolute Gasteiger partial charge is 0.128 e. The number of allylic oxidation sites excluding steroid dienone is 2. The molecular weight excluding hydrogens is 236 g/mol. The van der Waals surface area contributed by atoms with Gasteiger partial charge < -0.3 is 9.84 Å². The third-order valence-corrected chi connectivity index (χ3v) is 3.48. The van der Waals surface area contributed by atoms with E-state index in [1.54, 1.807) is 6.07 Å². The van der Waals surface area contributed by atoms with E-state index in [0.717, 1.165) is 29.7 Å². The van der Waals surface area contributed by atoms with Crippen molar-refractivity contribution in [1.82, 2.24) is 0 Å². The molecule has 2 nitrogen and oxygen atoms in total. The van der Waals surface area contributed by atoms with E-state index in [4.69, 9.17) is 4.74 Å². The molecule has 2 heteroatoms. The van der Waals surface area contributed by atoms with Crippen molar-refractivity contribution >= 4 is 6.08 Å². The Hall–Kier alpha value is -1.70. The summed E-state index contributed by atoms with van der Waals surface area (Å²) in [5, 5.41) is 9.71. The Morgan fingerprint density at radius 2 is 2.11 bits per heavy atom. The quantitative estimate of drug-likeness (QED) is 0.802. The second kappa shape index (κ2) is 5.12. The van der Waals surface area contributed by atoms with Gasteiger partial charge in [0.05, 0.1) is 0 Å². The zero-order valence-electron chi connectivity index (χ0n) is 12.2. The molecule has 2 rings (SSSR count). The van der Waals surface area contributed by atoms with E-state index in [-0.39, 0.29) is 5.60 Å². The second-order valence-electron chi connectivity index (χ2n) is 5.74. The maximum absolute atomic E-state index is 9.71. The topological polar surface area (TPSA) is 29.5 Å². The first-order valence-electron chi connectivity index (χ1n) is 6.75. The normalized spacial score (nSPS) is 20.6. The van der Waals surface area contributed by atoms with Crippen molar-refractivity contribution in [2.45, 2.75) is 46.1 Å². The predicted molar refractivity (Wildman–Crippen MR) is 79.6 cm³/mol. The number of hydrogen-bond donors (Lipinski definition) is 1. The van der Waals surface area contributed by atoms with E-state index in [0.29, 0.717) is 5.75 Å². The first-order valence-corrected chi connectivity index (χ1v) is 6.75. The average Bonchev–Trinajstić information content (AvgIpc) is 2.31. The molecule has 0 aliphatic carbocycles. The fourth-order valence-corrected chi connectivity index (χ4v) is 2.24. The predicted octanol–water partition coefficient (Wildman–Crippen LogP) is 4.61. The maximum atomic E-state index is 9.71. The van der Waals surface area contributed by atoms with Gasteiger partial charge in [-0.25, -0.2) is 0 Å². The van der Waals surface area contributed by atoms with Gasteiger partial charge >= 0.3 is 0 Å². The molecule has 102 valence electrons. The number of phenols is 1. The van der Waals surface area contributed by atoms with E-state index in [1.165, 1.54) is 5.57 Å². The van der Waals surface area contributed by atoms with Crippen LogP contribution in [0.2, 0.25) is 0 Å². The fourth-order valence-electron chi connectivity index (χ4n) is 2.24. The lowest BCUT2D eigenvalue weighted by atomic mass is 9.94. The Labute approximate surface area is 115 Å². The van der Waals surface area contributed by atoms with Gasteiger partial charge in [-0.2, -0.15) is 0 Å². The summed E-state index contributed by atoms with van der Waals surface area (Å²) < 4.78 is 6.11. The van der Waals surface area contributed by atoms with Crippen molar-refractivity contribution in [2.24, 2.45) is 0 Å². The van der Waals surface area contributed by atoms with Crippen molar-refractivity contribution in [3.8, 4) is 11.5 Å². The number of ether oxygens (including phenoxy) is 1. The monoisotopic (exact) mass is 258 g/mol. The van der Waals surface area contributed by atoms with Crippen LogP contribution in [0.1, 0.15) is 44.7 Å². The summed E-state index contributed by atoms with van der Waals surface area (Å²) in [6.45, 7) is 8.22. The highest BCUT2D eigenvalue weighted by molar-refractivity contribution is 5.64. The molecule has 1 N–H and O–H groups in total. The molecule has 0 fully saturated rings. The zero-order chi connectivity index (χ0) is 14.0. The molecule has 0 aromatic heterocycles. The van der Waals surface area contributed by atoms with E-state index >= 15 is 0 Å². The van der Waals surface area contributed by atoms with Crippen LogP contribution in [0.4, 0.5) is 0 Å². The average molecular weight is 258 g/mol. The van der Waals surface area contributed by atoms with Gasteiger partial charge in [0.25, 0.3) is 0 Å². The molecule has 1 aliphatic rings. The minimum absolute atomic E-state index is 0.262. The van der Waals surface area contributed by atoms with Crippen molar-refractivity contribution in [2.75, 3.05) is 0 Å². The van der Waals surface area contributed by atoms with Crippen LogP contribution in [0.25, 0.3) is 6.08 Å². The van der Waals surface area contributed by atoms with Crippen molar-refractivity contribution < 1.29 is 9.84 Å². The summed E-state index contributed by atoms with van der Waals surface area (Å²) >= 11 is 0. The minimum atomic E-state index is -0.262. The summed E-state index contributed by atoms with van der Waals surface area (Å²) in [6, 6.07) is 3.67. The number of aromatic hydroxyl groups is 1. The van der Waals surface area contributed by atoms with E-state index in [9.17, 15) is 5.11 Å². The Bertz CT molecular complexity index is 536. The molecule has 1 aromatic rings. The number of hydrogen-bond acceptors (Lipinski definition) is 2. The number of rotatable bonds is 3. The summed E-state index contributed by atoms with van der Waals surface area (Å²) in [5.74, 6) is 1.18. The number of benzene rings is 1. The lowest BCUT2D eigenvalue weighted by Crippen LogP contribution is -2.31. The Morgan fingerprint density at radius 3 is 2.79 bits per heavy atom. The molecule has 1 heterocycles. The summed E-state index contributed by atoms with van der Waals surface area (Å²) in [5.41, 5.74) is 2.87. The molecule has 1 aromatic carbocycles. The van der Waals surface area contributed by atoms with Crippen LogP contribution in [0.15, 0.2) is 29.9 Å². The minimum Gasteiger partial charge on any atom is -0.508 e. The van der Waals surface area contributed by atoms with Crippen LogP contribution in [0.5, 0.6) is 11.5 Å². The fraction of sp³-hybridized carbons (Fsp3) is 0.412. The third-order valence-electron chi connectivity index (χ3n) is 3.48. The number of phenolic OH excluding ortho intramolecular Hbond substituents is 1. The highest BCUT2D eigenvalue weighted by Gasteiger charge is 2.27. The van der Waals surface area contributed by atoms with Crippen LogP contribution in [0.3, 0.4) is 0 Å². The lowest BCUT2D eigenvalue weighted by Gasteiger charge is -2.31. The summed E-state index contributed by atoms with van der Waals surface area (Å²) in [7, 11) is 0. The maximum Gasteiger partial charge on any atom is 0.128 e. The van der Waals surface area contributed by atoms with Crippen LogP contribution in [0, 0.1) is 6.92 Å². The highest BCUT2D eigenvalue weighted by atomic mass is 16.5. The van der Waals surface area contributed by atoms with Crippen molar-refractivity contribution in [3.05, 3.63) is 41.0 Å². The molecule has 1 unspecified atom stereocenters. The first-order chi connectivity index (χ1) is 8.89. The van der Waals surface area contributed by atoms with Gasteiger partial charge in [-0.3, -0.25) is 0 Å². The molecule has 0 saturated heterocycles. The van der Waals surface area contributed by atoms with Gasteiger partial charge in [-0.05, 0) is 64.3 Å². The SMILES string of the molecule is CC(C)=CCCC1(C)C=Cc2cc(O)c(C)cc2O1. The summed E-state index contributed by atoms with van der Waals surface area (Å²) in [6.07, 6.45) is 8.33.